The highest BCUT2D eigenvalue weighted by molar-refractivity contribution is 5.90. The number of piperidine rings is 1. The monoisotopic (exact) mass is 354 g/mol. The van der Waals surface area contributed by atoms with Crippen LogP contribution in [0.25, 0.3) is 0 Å². The van der Waals surface area contributed by atoms with Crippen LogP contribution in [0.4, 0.5) is 17.5 Å². The Balaban J connectivity index is 1.85. The molecule has 1 aromatic carbocycles. The lowest BCUT2D eigenvalue weighted by Crippen LogP contribution is -2.40. The lowest BCUT2D eigenvalue weighted by atomic mass is 10.0. The van der Waals surface area contributed by atoms with Gasteiger partial charge in [0.15, 0.2) is 0 Å². The number of nitrogens with zero attached hydrogens (tertiary/aromatic N) is 3. The number of hydrogen-bond acceptors (Lipinski definition) is 6. The van der Waals surface area contributed by atoms with E-state index in [0.29, 0.717) is 11.6 Å². The minimum Gasteiger partial charge on any atom is -0.465 e. The summed E-state index contributed by atoms with van der Waals surface area (Å²) in [6, 6.07) is 9.63. The molecule has 1 fully saturated rings. The van der Waals surface area contributed by atoms with Crippen LogP contribution in [-0.2, 0) is 4.74 Å². The van der Waals surface area contributed by atoms with Crippen LogP contribution < -0.4 is 10.2 Å². The molecule has 3 rings (SSSR count). The highest BCUT2D eigenvalue weighted by Crippen LogP contribution is 2.26. The number of carbonyl (C=O) groups excluding carboxylic acids is 1. The lowest BCUT2D eigenvalue weighted by Gasteiger charge is -2.35. The summed E-state index contributed by atoms with van der Waals surface area (Å²) in [6.07, 6.45) is 4.74. The molecule has 138 valence electrons. The number of ether oxygens (including phenoxy) is 1. The number of anilines is 3. The predicted octanol–water partition coefficient (Wildman–Crippen LogP) is 4.08. The topological polar surface area (TPSA) is 67.4 Å². The van der Waals surface area contributed by atoms with Crippen molar-refractivity contribution in [2.24, 2.45) is 0 Å². The van der Waals surface area contributed by atoms with Gasteiger partial charge in [0.1, 0.15) is 5.82 Å². The Hall–Kier alpha value is -2.63. The van der Waals surface area contributed by atoms with Crippen LogP contribution >= 0.6 is 0 Å². The average Bonchev–Trinajstić information content (AvgIpc) is 2.67. The predicted molar refractivity (Wildman–Crippen MR) is 103 cm³/mol. The second-order valence-electron chi connectivity index (χ2n) is 6.64. The van der Waals surface area contributed by atoms with Crippen molar-refractivity contribution in [2.75, 3.05) is 23.9 Å². The maximum Gasteiger partial charge on any atom is 0.337 e. The van der Waals surface area contributed by atoms with Gasteiger partial charge in [-0.3, -0.25) is 0 Å². The summed E-state index contributed by atoms with van der Waals surface area (Å²) in [5.74, 6) is 1.16. The summed E-state index contributed by atoms with van der Waals surface area (Å²) in [4.78, 5) is 23.4. The number of hydrogen-bond donors (Lipinski definition) is 1. The minimum absolute atomic E-state index is 0.354. The van der Waals surface area contributed by atoms with E-state index in [4.69, 9.17) is 9.72 Å². The average molecular weight is 354 g/mol. The van der Waals surface area contributed by atoms with Crippen LogP contribution in [0.1, 0.15) is 48.7 Å². The number of nitrogens with one attached hydrogen (secondary N) is 1. The Kier molecular flexibility index (Phi) is 5.71. The van der Waals surface area contributed by atoms with E-state index >= 15 is 0 Å². The van der Waals surface area contributed by atoms with Crippen molar-refractivity contribution in [3.05, 3.63) is 41.6 Å². The third-order valence-electron chi connectivity index (χ3n) is 4.75. The molecular weight excluding hydrogens is 328 g/mol. The first-order valence-corrected chi connectivity index (χ1v) is 9.18. The summed E-state index contributed by atoms with van der Waals surface area (Å²) in [5, 5.41) is 3.29. The zero-order valence-electron chi connectivity index (χ0n) is 15.7. The number of rotatable bonds is 5. The fraction of sp³-hybridized carbons (Fsp3) is 0.450. The Morgan fingerprint density at radius 2 is 2.15 bits per heavy atom. The van der Waals surface area contributed by atoms with Crippen molar-refractivity contribution >= 4 is 23.4 Å². The van der Waals surface area contributed by atoms with E-state index in [9.17, 15) is 4.79 Å². The number of aryl methyl sites for hydroxylation is 1. The molecule has 0 bridgehead atoms. The van der Waals surface area contributed by atoms with Gasteiger partial charge in [-0.15, -0.1) is 0 Å². The standard InChI is InChI=1S/C20H26N4O2/c1-4-17-10-5-6-11-24(17)20-21-14(2)12-18(23-20)22-16-9-7-8-15(13-16)19(25)26-3/h7-9,12-13,17H,4-6,10-11H2,1-3H3,(H,21,22,23). The molecule has 0 aliphatic carbocycles. The van der Waals surface area contributed by atoms with Crippen LogP contribution in [0, 0.1) is 6.92 Å². The van der Waals surface area contributed by atoms with Crippen molar-refractivity contribution in [2.45, 2.75) is 45.6 Å². The van der Waals surface area contributed by atoms with E-state index in [1.165, 1.54) is 26.4 Å². The molecule has 0 saturated carbocycles. The van der Waals surface area contributed by atoms with Gasteiger partial charge < -0.3 is 15.0 Å². The summed E-state index contributed by atoms with van der Waals surface area (Å²) in [6.45, 7) is 5.20. The number of benzene rings is 1. The van der Waals surface area contributed by atoms with Crippen LogP contribution in [0.2, 0.25) is 0 Å². The summed E-state index contributed by atoms with van der Waals surface area (Å²) in [7, 11) is 1.38. The molecule has 6 heteroatoms. The van der Waals surface area contributed by atoms with E-state index in [0.717, 1.165) is 36.1 Å². The summed E-state index contributed by atoms with van der Waals surface area (Å²) >= 11 is 0. The molecule has 2 heterocycles. The van der Waals surface area contributed by atoms with Gasteiger partial charge in [-0.2, -0.15) is 4.98 Å². The van der Waals surface area contributed by atoms with Crippen LogP contribution in [0.5, 0.6) is 0 Å². The van der Waals surface area contributed by atoms with Crippen molar-refractivity contribution in [3.63, 3.8) is 0 Å². The molecule has 26 heavy (non-hydrogen) atoms. The maximum absolute atomic E-state index is 11.7. The molecule has 0 radical (unpaired) electrons. The quantitative estimate of drug-likeness (QED) is 0.816. The van der Waals surface area contributed by atoms with Crippen molar-refractivity contribution < 1.29 is 9.53 Å². The Labute approximate surface area is 154 Å². The second-order valence-corrected chi connectivity index (χ2v) is 6.64. The van der Waals surface area contributed by atoms with E-state index in [-0.39, 0.29) is 5.97 Å². The molecule has 0 spiro atoms. The summed E-state index contributed by atoms with van der Waals surface area (Å²) in [5.41, 5.74) is 2.22. The molecule has 1 aliphatic heterocycles. The Bertz CT molecular complexity index is 778. The molecule has 1 N–H and O–H groups in total. The third-order valence-corrected chi connectivity index (χ3v) is 4.75. The molecule has 1 aromatic heterocycles. The third kappa shape index (κ3) is 4.12. The van der Waals surface area contributed by atoms with E-state index in [2.05, 4.69) is 22.1 Å². The summed E-state index contributed by atoms with van der Waals surface area (Å²) < 4.78 is 4.78. The number of methoxy groups -OCH3 is 1. The molecular formula is C20H26N4O2. The molecule has 0 amide bonds. The van der Waals surface area contributed by atoms with E-state index in [1.54, 1.807) is 12.1 Å². The van der Waals surface area contributed by atoms with Gasteiger partial charge in [0.25, 0.3) is 0 Å². The Morgan fingerprint density at radius 1 is 1.31 bits per heavy atom. The van der Waals surface area contributed by atoms with Gasteiger partial charge in [0.05, 0.1) is 12.7 Å². The maximum atomic E-state index is 11.7. The molecule has 1 aliphatic rings. The highest BCUT2D eigenvalue weighted by Gasteiger charge is 2.23. The highest BCUT2D eigenvalue weighted by atomic mass is 16.5. The largest absolute Gasteiger partial charge is 0.465 e. The van der Waals surface area contributed by atoms with Gasteiger partial charge in [-0.05, 0) is 50.8 Å². The lowest BCUT2D eigenvalue weighted by molar-refractivity contribution is 0.0601. The fourth-order valence-corrected chi connectivity index (χ4v) is 3.42. The van der Waals surface area contributed by atoms with Crippen molar-refractivity contribution in [1.29, 1.82) is 0 Å². The van der Waals surface area contributed by atoms with Gasteiger partial charge in [-0.25, -0.2) is 9.78 Å². The molecule has 1 atom stereocenters. The van der Waals surface area contributed by atoms with Crippen LogP contribution in [-0.4, -0.2) is 35.6 Å². The second kappa shape index (κ2) is 8.17. The Morgan fingerprint density at radius 3 is 2.92 bits per heavy atom. The van der Waals surface area contributed by atoms with E-state index < -0.39 is 0 Å². The normalized spacial score (nSPS) is 17.0. The molecule has 1 saturated heterocycles. The van der Waals surface area contributed by atoms with Crippen molar-refractivity contribution in [3.8, 4) is 0 Å². The fourth-order valence-electron chi connectivity index (χ4n) is 3.42. The first kappa shape index (κ1) is 18.2. The van der Waals surface area contributed by atoms with Gasteiger partial charge in [0, 0.05) is 30.0 Å². The molecule has 1 unspecified atom stereocenters. The van der Waals surface area contributed by atoms with E-state index in [1.807, 2.05) is 25.1 Å². The van der Waals surface area contributed by atoms with Gasteiger partial charge in [0.2, 0.25) is 5.95 Å². The van der Waals surface area contributed by atoms with Gasteiger partial charge in [-0.1, -0.05) is 13.0 Å². The first-order valence-electron chi connectivity index (χ1n) is 9.18. The molecule has 2 aromatic rings. The smallest absolute Gasteiger partial charge is 0.337 e. The first-order chi connectivity index (χ1) is 12.6. The zero-order chi connectivity index (χ0) is 18.5. The zero-order valence-corrected chi connectivity index (χ0v) is 15.7. The van der Waals surface area contributed by atoms with Gasteiger partial charge >= 0.3 is 5.97 Å². The number of aromatic nitrogens is 2. The molecule has 6 nitrogen and oxygen atoms in total. The minimum atomic E-state index is -0.354. The van der Waals surface area contributed by atoms with Crippen LogP contribution in [0.15, 0.2) is 30.3 Å². The SMILES string of the molecule is CCC1CCCCN1c1nc(C)cc(Nc2cccc(C(=O)OC)c2)n1. The number of esters is 1. The number of carbonyl (C=O) groups is 1. The van der Waals surface area contributed by atoms with Crippen LogP contribution in [0.3, 0.4) is 0 Å². The van der Waals surface area contributed by atoms with Crippen molar-refractivity contribution in [1.82, 2.24) is 9.97 Å².